The van der Waals surface area contributed by atoms with E-state index in [0.29, 0.717) is 36.2 Å². The standard InChI is InChI=1S/C23H24N4O2S/c1-3-29-15-9-14-24-16(2)20-21(17-10-5-4-6-11-17)26-27(22(20)28)23-25-18-12-7-8-13-19(18)30-23/h4-8,10-13,26H,3,9,14-15H2,1-2H3. The molecule has 0 aliphatic carbocycles. The summed E-state index contributed by atoms with van der Waals surface area (Å²) in [6.07, 6.45) is 0.822. The van der Waals surface area contributed by atoms with Gasteiger partial charge in [-0.25, -0.2) is 4.98 Å². The monoisotopic (exact) mass is 420 g/mol. The second-order valence-corrected chi connectivity index (χ2v) is 7.86. The number of H-pyrrole nitrogens is 1. The van der Waals surface area contributed by atoms with Gasteiger partial charge in [-0.05, 0) is 32.4 Å². The number of aromatic amines is 1. The molecule has 2 heterocycles. The largest absolute Gasteiger partial charge is 0.382 e. The molecule has 4 rings (SSSR count). The van der Waals surface area contributed by atoms with E-state index in [2.05, 4.69) is 15.1 Å². The number of fused-ring (bicyclic) bond motifs is 1. The first-order valence-electron chi connectivity index (χ1n) is 10.0. The number of aromatic nitrogens is 3. The molecule has 0 fully saturated rings. The zero-order valence-electron chi connectivity index (χ0n) is 17.1. The second-order valence-electron chi connectivity index (χ2n) is 6.85. The smallest absolute Gasteiger partial charge is 0.283 e. The molecule has 0 aliphatic rings. The molecule has 154 valence electrons. The summed E-state index contributed by atoms with van der Waals surface area (Å²) in [5, 5.41) is 3.90. The van der Waals surface area contributed by atoms with Gasteiger partial charge < -0.3 is 4.74 Å². The van der Waals surface area contributed by atoms with E-state index in [-0.39, 0.29) is 5.56 Å². The van der Waals surface area contributed by atoms with Crippen molar-refractivity contribution < 1.29 is 4.74 Å². The molecule has 0 saturated heterocycles. The Labute approximate surface area is 178 Å². The minimum absolute atomic E-state index is 0.140. The van der Waals surface area contributed by atoms with Crippen molar-refractivity contribution in [2.24, 2.45) is 4.99 Å². The Kier molecular flexibility index (Phi) is 6.21. The summed E-state index contributed by atoms with van der Waals surface area (Å²) in [7, 11) is 0. The van der Waals surface area contributed by atoms with Crippen LogP contribution in [0.4, 0.5) is 0 Å². The topological polar surface area (TPSA) is 72.3 Å². The first-order chi connectivity index (χ1) is 14.7. The van der Waals surface area contributed by atoms with Crippen LogP contribution < -0.4 is 5.56 Å². The summed E-state index contributed by atoms with van der Waals surface area (Å²) in [5.74, 6) is 0. The third kappa shape index (κ3) is 4.13. The third-order valence-corrected chi connectivity index (χ3v) is 5.81. The highest BCUT2D eigenvalue weighted by Crippen LogP contribution is 2.26. The third-order valence-electron chi connectivity index (χ3n) is 4.79. The maximum absolute atomic E-state index is 13.4. The van der Waals surface area contributed by atoms with Gasteiger partial charge >= 0.3 is 0 Å². The molecule has 0 bridgehead atoms. The van der Waals surface area contributed by atoms with Crippen LogP contribution in [0.25, 0.3) is 26.6 Å². The van der Waals surface area contributed by atoms with E-state index in [9.17, 15) is 4.79 Å². The van der Waals surface area contributed by atoms with Crippen LogP contribution in [0.15, 0.2) is 64.4 Å². The molecule has 2 aromatic heterocycles. The van der Waals surface area contributed by atoms with Gasteiger partial charge in [-0.3, -0.25) is 14.9 Å². The van der Waals surface area contributed by atoms with Crippen LogP contribution in [0.2, 0.25) is 0 Å². The lowest BCUT2D eigenvalue weighted by Gasteiger charge is -2.03. The Balaban J connectivity index is 1.78. The van der Waals surface area contributed by atoms with E-state index in [1.807, 2.05) is 68.4 Å². The fraction of sp³-hybridized carbons (Fsp3) is 0.261. The molecule has 7 heteroatoms. The molecule has 0 atom stereocenters. The molecule has 0 saturated carbocycles. The van der Waals surface area contributed by atoms with E-state index in [0.717, 1.165) is 27.9 Å². The minimum Gasteiger partial charge on any atom is -0.382 e. The van der Waals surface area contributed by atoms with Crippen molar-refractivity contribution in [1.29, 1.82) is 0 Å². The summed E-state index contributed by atoms with van der Waals surface area (Å²) in [6.45, 7) is 5.85. The molecule has 0 spiro atoms. The van der Waals surface area contributed by atoms with Crippen LogP contribution in [0, 0.1) is 0 Å². The maximum Gasteiger partial charge on any atom is 0.283 e. The number of hydrogen-bond donors (Lipinski definition) is 1. The number of rotatable bonds is 8. The maximum atomic E-state index is 13.4. The van der Waals surface area contributed by atoms with Gasteiger partial charge in [-0.15, -0.1) is 0 Å². The van der Waals surface area contributed by atoms with Crippen LogP contribution in [0.3, 0.4) is 0 Å². The molecule has 6 nitrogen and oxygen atoms in total. The Morgan fingerprint density at radius 1 is 1.17 bits per heavy atom. The number of thiazole rings is 1. The number of aliphatic imine (C=N–C) groups is 1. The summed E-state index contributed by atoms with van der Waals surface area (Å²) >= 11 is 1.48. The Bertz CT molecular complexity index is 1190. The van der Waals surface area contributed by atoms with E-state index >= 15 is 0 Å². The Morgan fingerprint density at radius 2 is 1.93 bits per heavy atom. The van der Waals surface area contributed by atoms with Crippen LogP contribution in [0.5, 0.6) is 0 Å². The zero-order chi connectivity index (χ0) is 20.9. The SMILES string of the molecule is CCOCCCN=C(C)c1c(-c2ccccc2)[nH]n(-c2nc3ccccc3s2)c1=O. The quantitative estimate of drug-likeness (QED) is 0.332. The van der Waals surface area contributed by atoms with Gasteiger partial charge in [0.25, 0.3) is 5.56 Å². The van der Waals surface area contributed by atoms with Crippen molar-refractivity contribution in [1.82, 2.24) is 14.8 Å². The number of benzene rings is 2. The molecule has 1 N–H and O–H groups in total. The fourth-order valence-corrected chi connectivity index (χ4v) is 4.24. The number of nitrogens with one attached hydrogen (secondary N) is 1. The molecular formula is C23H24N4O2S. The average Bonchev–Trinajstić information content (AvgIpc) is 3.35. The summed E-state index contributed by atoms with van der Waals surface area (Å²) in [6, 6.07) is 17.7. The van der Waals surface area contributed by atoms with Gasteiger partial charge in [0, 0.05) is 31.0 Å². The molecule has 2 aromatic carbocycles. The normalized spacial score (nSPS) is 12.0. The van der Waals surface area contributed by atoms with Crippen molar-refractivity contribution in [2.45, 2.75) is 20.3 Å². The highest BCUT2D eigenvalue weighted by molar-refractivity contribution is 7.20. The van der Waals surface area contributed by atoms with Crippen molar-refractivity contribution in [3.63, 3.8) is 0 Å². The number of nitrogens with zero attached hydrogens (tertiary/aromatic N) is 3. The van der Waals surface area contributed by atoms with Crippen LogP contribution in [0.1, 0.15) is 25.8 Å². The average molecular weight is 421 g/mol. The van der Waals surface area contributed by atoms with Crippen LogP contribution >= 0.6 is 11.3 Å². The highest BCUT2D eigenvalue weighted by atomic mass is 32.1. The van der Waals surface area contributed by atoms with Crippen LogP contribution in [-0.4, -0.2) is 40.2 Å². The summed E-state index contributed by atoms with van der Waals surface area (Å²) < 4.78 is 7.95. The van der Waals surface area contributed by atoms with Gasteiger partial charge in [-0.2, -0.15) is 4.68 Å². The van der Waals surface area contributed by atoms with Gasteiger partial charge in [0.05, 0.1) is 21.5 Å². The Morgan fingerprint density at radius 3 is 2.70 bits per heavy atom. The molecule has 0 amide bonds. The zero-order valence-corrected chi connectivity index (χ0v) is 17.9. The lowest BCUT2D eigenvalue weighted by molar-refractivity contribution is 0.146. The number of ether oxygens (including phenoxy) is 1. The van der Waals surface area contributed by atoms with E-state index in [1.54, 1.807) is 0 Å². The van der Waals surface area contributed by atoms with Crippen LogP contribution in [-0.2, 0) is 4.74 Å². The summed E-state index contributed by atoms with van der Waals surface area (Å²) in [4.78, 5) is 22.7. The first kappa shape index (κ1) is 20.3. The molecule has 30 heavy (non-hydrogen) atoms. The van der Waals surface area contributed by atoms with Gasteiger partial charge in [-0.1, -0.05) is 53.8 Å². The van der Waals surface area contributed by atoms with E-state index in [4.69, 9.17) is 4.74 Å². The molecular weight excluding hydrogens is 396 g/mol. The molecule has 4 aromatic rings. The van der Waals surface area contributed by atoms with E-state index < -0.39 is 0 Å². The van der Waals surface area contributed by atoms with Crippen molar-refractivity contribution >= 4 is 27.3 Å². The van der Waals surface area contributed by atoms with Crippen molar-refractivity contribution in [3.05, 3.63) is 70.5 Å². The fourth-order valence-electron chi connectivity index (χ4n) is 3.31. The lowest BCUT2D eigenvalue weighted by atomic mass is 10.1. The van der Waals surface area contributed by atoms with Gasteiger partial charge in [0.1, 0.15) is 0 Å². The summed E-state index contributed by atoms with van der Waals surface area (Å²) in [5.41, 5.74) is 3.73. The van der Waals surface area contributed by atoms with Gasteiger partial charge in [0.2, 0.25) is 5.13 Å². The number of hydrogen-bond acceptors (Lipinski definition) is 5. The lowest BCUT2D eigenvalue weighted by Crippen LogP contribution is -2.19. The van der Waals surface area contributed by atoms with E-state index in [1.165, 1.54) is 16.0 Å². The molecule has 0 aliphatic heterocycles. The van der Waals surface area contributed by atoms with Crippen molar-refractivity contribution in [2.75, 3.05) is 19.8 Å². The Hall–Kier alpha value is -3.03. The predicted molar refractivity (Wildman–Crippen MR) is 123 cm³/mol. The second kappa shape index (κ2) is 9.19. The number of para-hydroxylation sites is 1. The highest BCUT2D eigenvalue weighted by Gasteiger charge is 2.20. The van der Waals surface area contributed by atoms with Crippen molar-refractivity contribution in [3.8, 4) is 16.4 Å². The first-order valence-corrected chi connectivity index (χ1v) is 10.9. The van der Waals surface area contributed by atoms with Gasteiger partial charge in [0.15, 0.2) is 0 Å². The molecule has 0 unspecified atom stereocenters. The minimum atomic E-state index is -0.140. The molecule has 0 radical (unpaired) electrons. The predicted octanol–water partition coefficient (Wildman–Crippen LogP) is 4.68.